The molecule has 0 aliphatic carbocycles. The Morgan fingerprint density at radius 3 is 2.59 bits per heavy atom. The second-order valence-electron chi connectivity index (χ2n) is 11.0. The summed E-state index contributed by atoms with van der Waals surface area (Å²) in [5.41, 5.74) is 0.224. The van der Waals surface area contributed by atoms with Gasteiger partial charge >= 0.3 is 12.1 Å². The zero-order valence-corrected chi connectivity index (χ0v) is 24.0. The lowest BCUT2D eigenvalue weighted by Gasteiger charge is -2.45. The van der Waals surface area contributed by atoms with E-state index in [-0.39, 0.29) is 6.54 Å². The minimum atomic E-state index is -5.29. The van der Waals surface area contributed by atoms with Crippen molar-refractivity contribution < 1.29 is 32.2 Å². The third kappa shape index (κ3) is 5.41. The minimum absolute atomic E-state index is 0.143. The molecule has 4 aromatic rings. The van der Waals surface area contributed by atoms with Crippen LogP contribution in [0.3, 0.4) is 0 Å². The fourth-order valence-electron chi connectivity index (χ4n) is 6.38. The molecule has 1 fully saturated rings. The van der Waals surface area contributed by atoms with E-state index in [4.69, 9.17) is 9.47 Å². The molecule has 232 valence electrons. The summed E-state index contributed by atoms with van der Waals surface area (Å²) in [4.78, 5) is 43.5. The third-order valence-corrected chi connectivity index (χ3v) is 8.54. The first-order chi connectivity index (χ1) is 21.1. The summed E-state index contributed by atoms with van der Waals surface area (Å²) in [6, 6.07) is 15.6. The predicted molar refractivity (Wildman–Crippen MR) is 156 cm³/mol. The van der Waals surface area contributed by atoms with Crippen LogP contribution in [0.5, 0.6) is 17.2 Å². The lowest BCUT2D eigenvalue weighted by Crippen LogP contribution is -2.54. The van der Waals surface area contributed by atoms with Crippen LogP contribution in [0.25, 0.3) is 10.9 Å². The second-order valence-corrected chi connectivity index (χ2v) is 11.0. The van der Waals surface area contributed by atoms with E-state index in [2.05, 4.69) is 24.8 Å². The van der Waals surface area contributed by atoms with Crippen LogP contribution in [-0.2, 0) is 16.8 Å². The van der Waals surface area contributed by atoms with Gasteiger partial charge in [-0.2, -0.15) is 13.2 Å². The number of alkyl halides is 3. The van der Waals surface area contributed by atoms with E-state index in [1.165, 1.54) is 5.56 Å². The maximum absolute atomic E-state index is 12.7. The van der Waals surface area contributed by atoms with E-state index in [0.717, 1.165) is 47.5 Å². The summed E-state index contributed by atoms with van der Waals surface area (Å²) < 4.78 is 53.7. The molecule has 1 atom stereocenters. The normalized spacial score (nSPS) is 19.0. The molecule has 0 unspecified atom stereocenters. The van der Waals surface area contributed by atoms with Gasteiger partial charge in [0, 0.05) is 55.9 Å². The van der Waals surface area contributed by atoms with E-state index in [1.54, 1.807) is 7.11 Å². The lowest BCUT2D eigenvalue weighted by atomic mass is 9.84. The topological polar surface area (TPSA) is 113 Å². The number of H-pyrrole nitrogens is 1. The molecule has 2 aliphatic heterocycles. The van der Waals surface area contributed by atoms with Crippen molar-refractivity contribution >= 4 is 22.6 Å². The fourth-order valence-corrected chi connectivity index (χ4v) is 6.38. The van der Waals surface area contributed by atoms with Gasteiger partial charge < -0.3 is 24.5 Å². The molecule has 2 aliphatic rings. The van der Waals surface area contributed by atoms with E-state index in [0.29, 0.717) is 32.8 Å². The molecule has 0 saturated carbocycles. The van der Waals surface area contributed by atoms with Gasteiger partial charge in [0.05, 0.1) is 12.6 Å². The number of hydrogen-bond acceptors (Lipinski definition) is 9. The van der Waals surface area contributed by atoms with Crippen LogP contribution in [-0.4, -0.2) is 79.9 Å². The molecule has 0 amide bonds. The zero-order valence-electron chi connectivity index (χ0n) is 24.0. The van der Waals surface area contributed by atoms with Crippen LogP contribution >= 0.6 is 0 Å². The number of carbonyl (C=O) groups excluding carboxylic acids is 1. The molecular weight excluding hydrogens is 581 g/mol. The summed E-state index contributed by atoms with van der Waals surface area (Å²) in [7, 11) is 1.63. The summed E-state index contributed by atoms with van der Waals surface area (Å²) in [5.74, 6) is -1.88. The van der Waals surface area contributed by atoms with E-state index >= 15 is 0 Å². The van der Waals surface area contributed by atoms with Crippen molar-refractivity contribution in [2.24, 2.45) is 0 Å². The highest BCUT2D eigenvalue weighted by atomic mass is 19.4. The Kier molecular flexibility index (Phi) is 7.84. The Bertz CT molecular complexity index is 1750. The molecular formula is C31H31F3N4O6. The SMILES string of the molecule is COc1ccc2[nH]c3c(c2c1)CCN(CCNc1c(OC(=O)C(F)(F)F)c(=O)c1=O)[C@]31CCN(CCOc2ccccc2)C1. The number of para-hydroxylation sites is 1. The van der Waals surface area contributed by atoms with E-state index < -0.39 is 40.0 Å². The number of benzene rings is 2. The summed E-state index contributed by atoms with van der Waals surface area (Å²) in [6.45, 7) is 3.99. The fraction of sp³-hybridized carbons (Fsp3) is 0.387. The molecule has 3 aromatic carbocycles. The van der Waals surface area contributed by atoms with Crippen molar-refractivity contribution in [3.63, 3.8) is 0 Å². The molecule has 0 radical (unpaired) electrons. The van der Waals surface area contributed by atoms with Crippen LogP contribution in [0.2, 0.25) is 0 Å². The van der Waals surface area contributed by atoms with Crippen LogP contribution in [0.1, 0.15) is 17.7 Å². The second kappa shape index (κ2) is 11.6. The van der Waals surface area contributed by atoms with Crippen molar-refractivity contribution in [2.45, 2.75) is 24.6 Å². The van der Waals surface area contributed by atoms with Crippen molar-refractivity contribution in [1.82, 2.24) is 14.8 Å². The predicted octanol–water partition coefficient (Wildman–Crippen LogP) is 3.19. The summed E-state index contributed by atoms with van der Waals surface area (Å²) in [5, 5.41) is 3.85. The van der Waals surface area contributed by atoms with Crippen molar-refractivity contribution in [3.8, 4) is 17.2 Å². The van der Waals surface area contributed by atoms with Crippen molar-refractivity contribution in [1.29, 1.82) is 0 Å². The molecule has 44 heavy (non-hydrogen) atoms. The Labute approximate surface area is 250 Å². The number of hydrogen-bond donors (Lipinski definition) is 2. The van der Waals surface area contributed by atoms with Crippen LogP contribution in [0.15, 0.2) is 58.1 Å². The molecule has 2 N–H and O–H groups in total. The Morgan fingerprint density at radius 1 is 1.05 bits per heavy atom. The van der Waals surface area contributed by atoms with Gasteiger partial charge in [-0.15, -0.1) is 0 Å². The molecule has 6 rings (SSSR count). The third-order valence-electron chi connectivity index (χ3n) is 8.54. The minimum Gasteiger partial charge on any atom is -0.497 e. The molecule has 1 spiro atoms. The summed E-state index contributed by atoms with van der Waals surface area (Å²) >= 11 is 0. The molecule has 3 heterocycles. The van der Waals surface area contributed by atoms with Crippen molar-refractivity contribution in [3.05, 3.63) is 80.2 Å². The Balaban J connectivity index is 1.21. The highest BCUT2D eigenvalue weighted by Crippen LogP contribution is 2.45. The number of ether oxygens (including phenoxy) is 3. The largest absolute Gasteiger partial charge is 0.497 e. The van der Waals surface area contributed by atoms with Crippen LogP contribution in [0.4, 0.5) is 18.9 Å². The first kappa shape index (κ1) is 29.7. The van der Waals surface area contributed by atoms with E-state index in [1.807, 2.05) is 48.5 Å². The van der Waals surface area contributed by atoms with Gasteiger partial charge in [0.2, 0.25) is 5.75 Å². The van der Waals surface area contributed by atoms with Crippen LogP contribution < -0.4 is 30.4 Å². The lowest BCUT2D eigenvalue weighted by molar-refractivity contribution is -0.189. The van der Waals surface area contributed by atoms with Gasteiger partial charge in [-0.1, -0.05) is 18.2 Å². The molecule has 13 heteroatoms. The Hall–Kier alpha value is -4.36. The number of methoxy groups -OCH3 is 1. The molecule has 10 nitrogen and oxygen atoms in total. The van der Waals surface area contributed by atoms with Gasteiger partial charge in [0.15, 0.2) is 0 Å². The number of nitrogens with zero attached hydrogens (tertiary/aromatic N) is 2. The van der Waals surface area contributed by atoms with Crippen LogP contribution in [0, 0.1) is 0 Å². The zero-order chi connectivity index (χ0) is 31.1. The summed E-state index contributed by atoms with van der Waals surface area (Å²) in [6.07, 6.45) is -3.74. The van der Waals surface area contributed by atoms with E-state index in [9.17, 15) is 27.6 Å². The highest BCUT2D eigenvalue weighted by molar-refractivity contribution is 5.87. The standard InChI is InChI=1S/C31H31F3N4O6/c1-42-20-7-8-23-22(17-20)21-9-12-38(14-11-35-24-25(39)26(40)27(24)44-29(41)31(32,33)34)30(28(21)36-23)10-13-37(18-30)15-16-43-19-5-3-2-4-6-19/h2-8,17,35-36H,9-16,18H2,1H3/t30-/m0/s1. The number of halogens is 3. The monoisotopic (exact) mass is 612 g/mol. The number of aromatic amines is 1. The number of fused-ring (bicyclic) bond motifs is 4. The maximum Gasteiger partial charge on any atom is 0.491 e. The molecule has 1 aromatic heterocycles. The molecule has 0 bridgehead atoms. The average molecular weight is 613 g/mol. The quantitative estimate of drug-likeness (QED) is 0.206. The van der Waals surface area contributed by atoms with Crippen molar-refractivity contribution in [2.75, 3.05) is 58.3 Å². The van der Waals surface area contributed by atoms with Gasteiger partial charge in [-0.05, 0) is 48.7 Å². The number of nitrogens with one attached hydrogen (secondary N) is 2. The number of anilines is 1. The number of likely N-dealkylation sites (tertiary alicyclic amines) is 1. The highest BCUT2D eigenvalue weighted by Gasteiger charge is 2.49. The number of esters is 1. The maximum atomic E-state index is 12.7. The van der Waals surface area contributed by atoms with Gasteiger partial charge in [-0.25, -0.2) is 4.79 Å². The van der Waals surface area contributed by atoms with Gasteiger partial charge in [0.25, 0.3) is 10.9 Å². The van der Waals surface area contributed by atoms with Gasteiger partial charge in [-0.3, -0.25) is 19.4 Å². The first-order valence-corrected chi connectivity index (χ1v) is 14.3. The number of carbonyl (C=O) groups is 1. The number of rotatable bonds is 10. The Morgan fingerprint density at radius 2 is 1.84 bits per heavy atom. The van der Waals surface area contributed by atoms with Gasteiger partial charge in [0.1, 0.15) is 23.8 Å². The molecule has 1 saturated heterocycles. The first-order valence-electron chi connectivity index (χ1n) is 14.3. The average Bonchev–Trinajstić information content (AvgIpc) is 3.61. The smallest absolute Gasteiger partial charge is 0.491 e. The number of aromatic nitrogens is 1.